The molecule has 1 aliphatic rings. The number of hydrogen-bond acceptors (Lipinski definition) is 6. The van der Waals surface area contributed by atoms with E-state index in [9.17, 15) is 9.59 Å². The Balaban J connectivity index is 1.82. The summed E-state index contributed by atoms with van der Waals surface area (Å²) in [5.74, 6) is -0.245. The van der Waals surface area contributed by atoms with Gasteiger partial charge in [0.25, 0.3) is 11.8 Å². The number of carbonyl (C=O) groups is 2. The van der Waals surface area contributed by atoms with Gasteiger partial charge in [-0.15, -0.1) is 0 Å². The van der Waals surface area contributed by atoms with Gasteiger partial charge >= 0.3 is 0 Å². The Labute approximate surface area is 126 Å². The molecule has 0 bridgehead atoms. The third kappa shape index (κ3) is 2.35. The second kappa shape index (κ2) is 5.26. The lowest BCUT2D eigenvalue weighted by Gasteiger charge is -2.22. The fourth-order valence-electron chi connectivity index (χ4n) is 2.29. The Morgan fingerprint density at radius 1 is 1.50 bits per heavy atom. The first-order valence-electron chi connectivity index (χ1n) is 6.82. The van der Waals surface area contributed by atoms with Crippen molar-refractivity contribution in [2.45, 2.75) is 19.5 Å². The molecule has 0 spiro atoms. The van der Waals surface area contributed by atoms with Crippen LogP contribution in [-0.4, -0.2) is 45.2 Å². The van der Waals surface area contributed by atoms with Gasteiger partial charge in [-0.1, -0.05) is 5.16 Å². The van der Waals surface area contributed by atoms with Gasteiger partial charge in [-0.2, -0.15) is 5.10 Å². The van der Waals surface area contributed by atoms with E-state index in [-0.39, 0.29) is 11.5 Å². The molecule has 0 aromatic carbocycles. The van der Waals surface area contributed by atoms with Gasteiger partial charge in [0.05, 0.1) is 6.54 Å². The molecular formula is C13H16N6O3. The maximum absolute atomic E-state index is 12.2. The zero-order valence-electron chi connectivity index (χ0n) is 12.2. The van der Waals surface area contributed by atoms with Crippen LogP contribution in [0, 0.1) is 0 Å². The summed E-state index contributed by atoms with van der Waals surface area (Å²) in [6, 6.07) is 1.12. The Kier molecular flexibility index (Phi) is 3.41. The van der Waals surface area contributed by atoms with Crippen molar-refractivity contribution >= 4 is 17.6 Å². The molecule has 2 aromatic rings. The number of rotatable bonds is 3. The van der Waals surface area contributed by atoms with Crippen molar-refractivity contribution in [3.63, 3.8) is 0 Å². The lowest BCUT2D eigenvalue weighted by atomic mass is 10.1. The van der Waals surface area contributed by atoms with Crippen molar-refractivity contribution < 1.29 is 14.1 Å². The number of carbonyl (C=O) groups excluding carboxylic acids is 2. The third-order valence-electron chi connectivity index (χ3n) is 3.51. The molecule has 0 fully saturated rings. The quantitative estimate of drug-likeness (QED) is 0.837. The third-order valence-corrected chi connectivity index (χ3v) is 3.51. The predicted octanol–water partition coefficient (Wildman–Crippen LogP) is 0.229. The monoisotopic (exact) mass is 304 g/mol. The molecule has 0 saturated heterocycles. The smallest absolute Gasteiger partial charge is 0.272 e. The van der Waals surface area contributed by atoms with E-state index in [0.717, 1.165) is 0 Å². The molecule has 116 valence electrons. The molecule has 1 atom stereocenters. The summed E-state index contributed by atoms with van der Waals surface area (Å²) in [5.41, 5.74) is 6.80. The van der Waals surface area contributed by atoms with Crippen LogP contribution in [0.1, 0.15) is 39.5 Å². The first-order chi connectivity index (χ1) is 10.5. The zero-order valence-corrected chi connectivity index (χ0v) is 12.2. The van der Waals surface area contributed by atoms with Gasteiger partial charge in [0.2, 0.25) is 0 Å². The van der Waals surface area contributed by atoms with Crippen molar-refractivity contribution in [1.82, 2.24) is 19.8 Å². The van der Waals surface area contributed by atoms with Crippen LogP contribution in [0.2, 0.25) is 0 Å². The van der Waals surface area contributed by atoms with Crippen molar-refractivity contribution in [3.8, 4) is 0 Å². The van der Waals surface area contributed by atoms with E-state index in [4.69, 9.17) is 10.3 Å². The summed E-state index contributed by atoms with van der Waals surface area (Å²) >= 11 is 0. The number of nitrogens with one attached hydrogen (secondary N) is 1. The number of nitrogens with zero attached hydrogens (tertiary/aromatic N) is 4. The van der Waals surface area contributed by atoms with Crippen molar-refractivity contribution in [3.05, 3.63) is 29.3 Å². The number of fused-ring (bicyclic) bond motifs is 1. The van der Waals surface area contributed by atoms with E-state index in [2.05, 4.69) is 15.6 Å². The molecule has 0 radical (unpaired) electrons. The molecule has 1 unspecified atom stereocenters. The molecule has 0 aliphatic carbocycles. The minimum Gasteiger partial charge on any atom is -0.364 e. The Morgan fingerprint density at radius 2 is 2.27 bits per heavy atom. The highest BCUT2D eigenvalue weighted by molar-refractivity contribution is 6.05. The second-order valence-corrected chi connectivity index (χ2v) is 5.22. The van der Waals surface area contributed by atoms with Crippen molar-refractivity contribution in [2.24, 2.45) is 5.73 Å². The molecule has 3 heterocycles. The van der Waals surface area contributed by atoms with Crippen LogP contribution in [0.3, 0.4) is 0 Å². The average Bonchev–Trinajstić information content (AvgIpc) is 3.09. The Hall–Kier alpha value is -2.68. The van der Waals surface area contributed by atoms with Gasteiger partial charge in [0.1, 0.15) is 23.2 Å². The maximum Gasteiger partial charge on any atom is 0.272 e. The lowest BCUT2D eigenvalue weighted by Crippen LogP contribution is -2.37. The molecule has 3 N–H and O–H groups in total. The molecule has 1 aliphatic heterocycles. The molecule has 0 saturated carbocycles. The Morgan fingerprint density at radius 3 is 3.00 bits per heavy atom. The normalized spacial score (nSPS) is 15.6. The molecular weight excluding hydrogens is 288 g/mol. The molecule has 9 nitrogen and oxygen atoms in total. The van der Waals surface area contributed by atoms with E-state index in [1.165, 1.54) is 6.26 Å². The van der Waals surface area contributed by atoms with Gasteiger partial charge < -0.3 is 20.5 Å². The standard InChI is InChI=1S/C13H16N6O3/c1-7(14)11-8(6-22-17-11)12(20)15-10-5-9-13(21)18(2)3-4-19(9)16-10/h5-7H,3-4,14H2,1-2H3,(H,15,16,20). The fourth-order valence-corrected chi connectivity index (χ4v) is 2.29. The average molecular weight is 304 g/mol. The van der Waals surface area contributed by atoms with Crippen LogP contribution >= 0.6 is 0 Å². The number of nitrogens with two attached hydrogens (primary N) is 1. The highest BCUT2D eigenvalue weighted by atomic mass is 16.5. The molecule has 2 amide bonds. The van der Waals surface area contributed by atoms with Crippen molar-refractivity contribution in [1.29, 1.82) is 0 Å². The number of anilines is 1. The first-order valence-corrected chi connectivity index (χ1v) is 6.82. The highest BCUT2D eigenvalue weighted by Crippen LogP contribution is 2.18. The van der Waals surface area contributed by atoms with E-state index in [1.807, 2.05) is 0 Å². The van der Waals surface area contributed by atoms with E-state index in [1.54, 1.807) is 29.6 Å². The zero-order chi connectivity index (χ0) is 15.9. The van der Waals surface area contributed by atoms with Gasteiger partial charge in [-0.3, -0.25) is 14.3 Å². The lowest BCUT2D eigenvalue weighted by molar-refractivity contribution is 0.0742. The summed E-state index contributed by atoms with van der Waals surface area (Å²) in [7, 11) is 1.73. The number of likely N-dealkylation sites (N-methyl/N-ethyl adjacent to an activating group) is 1. The summed E-state index contributed by atoms with van der Waals surface area (Å²) in [4.78, 5) is 25.9. The van der Waals surface area contributed by atoms with E-state index in [0.29, 0.717) is 30.3 Å². The van der Waals surface area contributed by atoms with E-state index < -0.39 is 11.9 Å². The molecule has 3 rings (SSSR count). The summed E-state index contributed by atoms with van der Waals surface area (Å²) < 4.78 is 6.38. The fraction of sp³-hybridized carbons (Fsp3) is 0.385. The SMILES string of the molecule is CC(N)c1nocc1C(=O)Nc1cc2n(n1)CCN(C)C2=O. The van der Waals surface area contributed by atoms with Gasteiger partial charge in [-0.25, -0.2) is 0 Å². The predicted molar refractivity (Wildman–Crippen MR) is 76.2 cm³/mol. The summed E-state index contributed by atoms with van der Waals surface area (Å²) in [6.07, 6.45) is 1.24. The highest BCUT2D eigenvalue weighted by Gasteiger charge is 2.25. The minimum absolute atomic E-state index is 0.125. The second-order valence-electron chi connectivity index (χ2n) is 5.22. The van der Waals surface area contributed by atoms with Crippen LogP contribution in [0.15, 0.2) is 16.9 Å². The Bertz CT molecular complexity index is 732. The summed E-state index contributed by atoms with van der Waals surface area (Å²) in [6.45, 7) is 2.88. The van der Waals surface area contributed by atoms with Gasteiger partial charge in [-0.05, 0) is 6.92 Å². The van der Waals surface area contributed by atoms with Crippen LogP contribution in [0.5, 0.6) is 0 Å². The van der Waals surface area contributed by atoms with Crippen LogP contribution in [0.25, 0.3) is 0 Å². The molecule has 22 heavy (non-hydrogen) atoms. The number of aromatic nitrogens is 3. The summed E-state index contributed by atoms with van der Waals surface area (Å²) in [5, 5.41) is 10.6. The molecule has 9 heteroatoms. The van der Waals surface area contributed by atoms with E-state index >= 15 is 0 Å². The van der Waals surface area contributed by atoms with Crippen LogP contribution in [0.4, 0.5) is 5.82 Å². The molecule has 2 aromatic heterocycles. The van der Waals surface area contributed by atoms with Crippen molar-refractivity contribution in [2.75, 3.05) is 18.9 Å². The topological polar surface area (TPSA) is 119 Å². The number of hydrogen-bond donors (Lipinski definition) is 2. The van der Waals surface area contributed by atoms with Crippen LogP contribution < -0.4 is 11.1 Å². The maximum atomic E-state index is 12.2. The largest absolute Gasteiger partial charge is 0.364 e. The first kappa shape index (κ1) is 14.3. The number of amides is 2. The van der Waals surface area contributed by atoms with Gasteiger partial charge in [0.15, 0.2) is 5.82 Å². The minimum atomic E-state index is -0.426. The van der Waals surface area contributed by atoms with Gasteiger partial charge in [0, 0.05) is 25.7 Å². The van der Waals surface area contributed by atoms with Crippen LogP contribution in [-0.2, 0) is 6.54 Å².